The van der Waals surface area contributed by atoms with Crippen molar-refractivity contribution in [2.45, 2.75) is 25.7 Å². The number of pyridine rings is 2. The van der Waals surface area contributed by atoms with Crippen molar-refractivity contribution in [2.75, 3.05) is 19.0 Å². The highest BCUT2D eigenvalue weighted by Gasteiger charge is 2.30. The van der Waals surface area contributed by atoms with E-state index < -0.39 is 17.3 Å². The first-order valence-electron chi connectivity index (χ1n) is 7.12. The molecule has 0 bridgehead atoms. The lowest BCUT2D eigenvalue weighted by atomic mass is 10.0. The monoisotopic (exact) mass is 304 g/mol. The second kappa shape index (κ2) is 4.83. The van der Waals surface area contributed by atoms with Gasteiger partial charge in [0, 0.05) is 14.1 Å². The molecule has 0 radical (unpaired) electrons. The second-order valence-corrected chi connectivity index (χ2v) is 5.96. The summed E-state index contributed by atoms with van der Waals surface area (Å²) in [4.78, 5) is 25.3. The van der Waals surface area contributed by atoms with Gasteiger partial charge in [-0.3, -0.25) is 9.20 Å². The molecule has 0 saturated heterocycles. The number of aromatic carboxylic acids is 1. The molecule has 2 aromatic heterocycles. The van der Waals surface area contributed by atoms with Crippen molar-refractivity contribution in [3.8, 4) is 0 Å². The van der Waals surface area contributed by atoms with Gasteiger partial charge in [-0.1, -0.05) is 0 Å². The van der Waals surface area contributed by atoms with E-state index in [1.807, 2.05) is 0 Å². The summed E-state index contributed by atoms with van der Waals surface area (Å²) in [5.41, 5.74) is 1.51. The minimum atomic E-state index is -1.28. The van der Waals surface area contributed by atoms with Crippen LogP contribution in [0.3, 0.4) is 0 Å². The number of nitrogens with zero attached hydrogens (tertiary/aromatic N) is 2. The molecular weight excluding hydrogens is 287 g/mol. The number of halogens is 1. The van der Waals surface area contributed by atoms with Crippen molar-refractivity contribution in [1.82, 2.24) is 4.40 Å². The van der Waals surface area contributed by atoms with E-state index in [0.717, 1.165) is 29.0 Å². The van der Waals surface area contributed by atoms with Crippen LogP contribution in [0.1, 0.15) is 40.2 Å². The van der Waals surface area contributed by atoms with Crippen LogP contribution in [0.2, 0.25) is 0 Å². The van der Waals surface area contributed by atoms with Gasteiger partial charge in [0.15, 0.2) is 5.82 Å². The summed E-state index contributed by atoms with van der Waals surface area (Å²) in [6.07, 6.45) is 3.01. The number of carbonyl (C=O) groups is 1. The molecule has 0 aromatic carbocycles. The van der Waals surface area contributed by atoms with Crippen LogP contribution in [-0.4, -0.2) is 29.6 Å². The first kappa shape index (κ1) is 14.6. The molecule has 0 spiro atoms. The van der Waals surface area contributed by atoms with Crippen molar-refractivity contribution >= 4 is 17.2 Å². The average molecular weight is 304 g/mol. The van der Waals surface area contributed by atoms with Crippen LogP contribution in [0.5, 0.6) is 0 Å². The predicted octanol–water partition coefficient (Wildman–Crippen LogP) is 2.39. The number of anilines is 1. The lowest BCUT2D eigenvalue weighted by Crippen LogP contribution is -2.25. The number of rotatable bonds is 3. The Morgan fingerprint density at radius 3 is 2.55 bits per heavy atom. The normalized spacial score (nSPS) is 14.4. The summed E-state index contributed by atoms with van der Waals surface area (Å²) in [6, 6.07) is 1.46. The van der Waals surface area contributed by atoms with E-state index >= 15 is 0 Å². The molecule has 1 aliphatic carbocycles. The van der Waals surface area contributed by atoms with E-state index in [-0.39, 0.29) is 11.5 Å². The number of carboxylic acid groups (broad SMARTS) is 1. The van der Waals surface area contributed by atoms with Crippen LogP contribution in [0.25, 0.3) is 5.52 Å². The number of carboxylic acids is 1. The summed E-state index contributed by atoms with van der Waals surface area (Å²) in [5.74, 6) is -1.58. The van der Waals surface area contributed by atoms with Crippen LogP contribution in [-0.2, 0) is 0 Å². The zero-order valence-electron chi connectivity index (χ0n) is 12.7. The molecular formula is C16H17FN2O3. The molecule has 1 fully saturated rings. The van der Waals surface area contributed by atoms with Crippen LogP contribution in [0.15, 0.2) is 17.1 Å². The number of hydrogen-bond donors (Lipinski definition) is 1. The SMILES string of the molecule is Cc1c(N(C)C)c(F)cn2c(=O)c(C(=O)O)cc(C3CC3)c12. The molecule has 1 saturated carbocycles. The fourth-order valence-corrected chi connectivity index (χ4v) is 3.05. The fourth-order valence-electron chi connectivity index (χ4n) is 3.05. The highest BCUT2D eigenvalue weighted by molar-refractivity contribution is 5.89. The van der Waals surface area contributed by atoms with Crippen molar-refractivity contribution in [3.05, 3.63) is 45.1 Å². The Hall–Kier alpha value is -2.37. The van der Waals surface area contributed by atoms with E-state index in [2.05, 4.69) is 0 Å². The summed E-state index contributed by atoms with van der Waals surface area (Å²) >= 11 is 0. The molecule has 5 nitrogen and oxygen atoms in total. The predicted molar refractivity (Wildman–Crippen MR) is 81.6 cm³/mol. The van der Waals surface area contributed by atoms with Crippen LogP contribution in [0.4, 0.5) is 10.1 Å². The van der Waals surface area contributed by atoms with E-state index in [4.69, 9.17) is 0 Å². The molecule has 6 heteroatoms. The Morgan fingerprint density at radius 1 is 1.41 bits per heavy atom. The molecule has 116 valence electrons. The van der Waals surface area contributed by atoms with Crippen molar-refractivity contribution in [3.63, 3.8) is 0 Å². The maximum absolute atomic E-state index is 14.3. The summed E-state index contributed by atoms with van der Waals surface area (Å²) in [7, 11) is 3.48. The first-order valence-corrected chi connectivity index (χ1v) is 7.12. The van der Waals surface area contributed by atoms with Gasteiger partial charge in [-0.05, 0) is 42.9 Å². The molecule has 1 aliphatic rings. The smallest absolute Gasteiger partial charge is 0.341 e. The molecule has 3 rings (SSSR count). The third kappa shape index (κ3) is 2.06. The van der Waals surface area contributed by atoms with Crippen molar-refractivity contribution in [2.24, 2.45) is 0 Å². The molecule has 0 atom stereocenters. The van der Waals surface area contributed by atoms with Crippen LogP contribution in [0, 0.1) is 12.7 Å². The Morgan fingerprint density at radius 2 is 2.05 bits per heavy atom. The van der Waals surface area contributed by atoms with Gasteiger partial charge in [-0.15, -0.1) is 0 Å². The van der Waals surface area contributed by atoms with E-state index in [0.29, 0.717) is 16.8 Å². The average Bonchev–Trinajstić information content (AvgIpc) is 3.23. The van der Waals surface area contributed by atoms with Gasteiger partial charge in [-0.25, -0.2) is 9.18 Å². The summed E-state index contributed by atoms with van der Waals surface area (Å²) in [5, 5.41) is 9.22. The van der Waals surface area contributed by atoms with E-state index in [9.17, 15) is 19.1 Å². The van der Waals surface area contributed by atoms with Gasteiger partial charge >= 0.3 is 5.97 Å². The molecule has 0 aliphatic heterocycles. The number of hydrogen-bond acceptors (Lipinski definition) is 3. The minimum absolute atomic E-state index is 0.243. The standard InChI is InChI=1S/C16H17FN2O3/c1-8-13-10(9-4-5-9)6-11(16(21)22)15(20)19(13)7-12(17)14(8)18(2)3/h6-7,9H,4-5H2,1-3H3,(H,21,22). The third-order valence-electron chi connectivity index (χ3n) is 4.14. The maximum Gasteiger partial charge on any atom is 0.341 e. The Kier molecular flexibility index (Phi) is 3.20. The van der Waals surface area contributed by atoms with Gasteiger partial charge in [0.05, 0.1) is 17.4 Å². The van der Waals surface area contributed by atoms with E-state index in [1.54, 1.807) is 25.9 Å². The lowest BCUT2D eigenvalue weighted by Gasteiger charge is -2.20. The molecule has 0 amide bonds. The van der Waals surface area contributed by atoms with Gasteiger partial charge in [-0.2, -0.15) is 0 Å². The van der Waals surface area contributed by atoms with Gasteiger partial charge in [0.2, 0.25) is 0 Å². The molecule has 2 aromatic rings. The largest absolute Gasteiger partial charge is 0.477 e. The summed E-state index contributed by atoms with van der Waals surface area (Å²) < 4.78 is 15.5. The Labute approximate surface area is 126 Å². The topological polar surface area (TPSA) is 62.0 Å². The fraction of sp³-hybridized carbons (Fsp3) is 0.375. The lowest BCUT2D eigenvalue weighted by molar-refractivity contribution is 0.0694. The first-order chi connectivity index (χ1) is 10.3. The minimum Gasteiger partial charge on any atom is -0.477 e. The highest BCUT2D eigenvalue weighted by atomic mass is 19.1. The Balaban J connectivity index is 2.49. The van der Waals surface area contributed by atoms with E-state index in [1.165, 1.54) is 6.07 Å². The van der Waals surface area contributed by atoms with Crippen molar-refractivity contribution in [1.29, 1.82) is 0 Å². The van der Waals surface area contributed by atoms with Crippen molar-refractivity contribution < 1.29 is 14.3 Å². The number of fused-ring (bicyclic) bond motifs is 1. The van der Waals surface area contributed by atoms with Crippen LogP contribution >= 0.6 is 0 Å². The highest BCUT2D eigenvalue weighted by Crippen LogP contribution is 2.43. The second-order valence-electron chi connectivity index (χ2n) is 5.96. The van der Waals surface area contributed by atoms with Gasteiger partial charge in [0.25, 0.3) is 5.56 Å². The number of aromatic nitrogens is 1. The third-order valence-corrected chi connectivity index (χ3v) is 4.14. The Bertz CT molecular complexity index is 851. The maximum atomic E-state index is 14.3. The van der Waals surface area contributed by atoms with Gasteiger partial charge < -0.3 is 10.0 Å². The molecule has 22 heavy (non-hydrogen) atoms. The summed E-state index contributed by atoms with van der Waals surface area (Å²) in [6.45, 7) is 1.76. The quantitative estimate of drug-likeness (QED) is 0.946. The zero-order chi connectivity index (χ0) is 16.2. The van der Waals surface area contributed by atoms with Gasteiger partial charge in [0.1, 0.15) is 5.56 Å². The van der Waals surface area contributed by atoms with Crippen LogP contribution < -0.4 is 10.5 Å². The molecule has 0 unspecified atom stereocenters. The molecule has 2 heterocycles. The molecule has 1 N–H and O–H groups in total. The zero-order valence-corrected chi connectivity index (χ0v) is 12.7. The number of aryl methyl sites for hydroxylation is 1.